The van der Waals surface area contributed by atoms with Crippen molar-refractivity contribution in [3.63, 3.8) is 0 Å². The van der Waals surface area contributed by atoms with Crippen molar-refractivity contribution in [2.75, 3.05) is 13.2 Å². The van der Waals surface area contributed by atoms with Gasteiger partial charge in [-0.3, -0.25) is 29.8 Å². The number of amides is 4. The number of imide groups is 2. The van der Waals surface area contributed by atoms with Gasteiger partial charge in [-0.1, -0.05) is 25.3 Å². The molecule has 0 bridgehead atoms. The minimum Gasteiger partial charge on any atom is -0.458 e. The van der Waals surface area contributed by atoms with E-state index in [0.717, 1.165) is 0 Å². The maximum atomic E-state index is 12.7. The molecule has 0 aromatic heterocycles. The van der Waals surface area contributed by atoms with Gasteiger partial charge in [0.2, 0.25) is 0 Å². The molecule has 0 unspecified atom stereocenters. The Kier molecular flexibility index (Phi) is 7.10. The van der Waals surface area contributed by atoms with Crippen LogP contribution < -0.4 is 10.6 Å². The molecule has 2 heterocycles. The van der Waals surface area contributed by atoms with Crippen LogP contribution in [0.2, 0.25) is 0 Å². The molecule has 188 valence electrons. The van der Waals surface area contributed by atoms with E-state index in [4.69, 9.17) is 9.47 Å². The zero-order chi connectivity index (χ0) is 26.7. The summed E-state index contributed by atoms with van der Waals surface area (Å²) in [6.07, 6.45) is 3.30. The van der Waals surface area contributed by atoms with E-state index in [9.17, 15) is 28.8 Å². The minimum absolute atomic E-state index is 0.0457. The highest BCUT2D eigenvalue weighted by Crippen LogP contribution is 2.29. The van der Waals surface area contributed by atoms with Gasteiger partial charge in [0.1, 0.15) is 13.2 Å². The molecule has 2 N–H and O–H groups in total. The summed E-state index contributed by atoms with van der Waals surface area (Å²) in [7, 11) is 0. The molecule has 0 aliphatic carbocycles. The second-order valence-corrected chi connectivity index (χ2v) is 8.22. The molecule has 2 aromatic carbocycles. The summed E-state index contributed by atoms with van der Waals surface area (Å²) >= 11 is 0. The SMILES string of the molecule is C=CCOC(=O)c1ccc2c(c1CCCc1c(C(=O)OCC=C)ccc3c1C(=O)NC3=O)C(=O)NC2=O. The van der Waals surface area contributed by atoms with E-state index in [0.29, 0.717) is 11.1 Å². The number of nitrogens with one attached hydrogen (secondary N) is 2. The van der Waals surface area contributed by atoms with Crippen molar-refractivity contribution in [1.29, 1.82) is 0 Å². The van der Waals surface area contributed by atoms with Gasteiger partial charge in [-0.2, -0.15) is 0 Å². The van der Waals surface area contributed by atoms with Crippen LogP contribution in [0.3, 0.4) is 0 Å². The first kappa shape index (κ1) is 25.2. The number of hydrogen-bond donors (Lipinski definition) is 2. The van der Waals surface area contributed by atoms with Crippen LogP contribution in [0.25, 0.3) is 0 Å². The minimum atomic E-state index is -0.691. The number of carbonyl (C=O) groups excluding carboxylic acids is 6. The van der Waals surface area contributed by atoms with E-state index in [-0.39, 0.29) is 65.9 Å². The van der Waals surface area contributed by atoms with Crippen molar-refractivity contribution in [3.05, 3.63) is 94.1 Å². The van der Waals surface area contributed by atoms with Crippen LogP contribution in [0.1, 0.15) is 79.7 Å². The van der Waals surface area contributed by atoms with E-state index in [1.807, 2.05) is 0 Å². The fraction of sp³-hybridized carbons (Fsp3) is 0.185. The molecule has 10 nitrogen and oxygen atoms in total. The van der Waals surface area contributed by atoms with Gasteiger partial charge in [0.25, 0.3) is 23.6 Å². The molecule has 0 atom stereocenters. The molecular formula is C27H22N2O8. The Labute approximate surface area is 211 Å². The van der Waals surface area contributed by atoms with Crippen LogP contribution in [0, 0.1) is 0 Å². The highest BCUT2D eigenvalue weighted by atomic mass is 16.5. The van der Waals surface area contributed by atoms with Gasteiger partial charge >= 0.3 is 11.9 Å². The molecule has 0 saturated heterocycles. The Morgan fingerprint density at radius 3 is 1.46 bits per heavy atom. The fourth-order valence-electron chi connectivity index (χ4n) is 4.43. The average Bonchev–Trinajstić information content (AvgIpc) is 3.34. The standard InChI is InChI=1S/C27H22N2O8/c1-3-12-36-26(34)16-8-10-18-20(24(32)28-22(18)30)14(16)6-5-7-15-17(27(35)37-13-4-2)9-11-19-21(15)25(33)29-23(19)31/h3-4,8-11H,1-2,5-7,12-13H2,(H,28,30,32)(H,29,31,33). The molecule has 10 heteroatoms. The smallest absolute Gasteiger partial charge is 0.338 e. The monoisotopic (exact) mass is 502 g/mol. The highest BCUT2D eigenvalue weighted by Gasteiger charge is 2.34. The van der Waals surface area contributed by atoms with Gasteiger partial charge in [0.05, 0.1) is 33.4 Å². The summed E-state index contributed by atoms with van der Waals surface area (Å²) in [5.74, 6) is -3.79. The van der Waals surface area contributed by atoms with Gasteiger partial charge in [0.15, 0.2) is 0 Å². The van der Waals surface area contributed by atoms with Crippen molar-refractivity contribution in [1.82, 2.24) is 10.6 Å². The van der Waals surface area contributed by atoms with E-state index < -0.39 is 35.6 Å². The van der Waals surface area contributed by atoms with Crippen molar-refractivity contribution in [2.45, 2.75) is 19.3 Å². The lowest BCUT2D eigenvalue weighted by molar-refractivity contribution is 0.0539. The summed E-state index contributed by atoms with van der Waals surface area (Å²) in [4.78, 5) is 74.8. The third kappa shape index (κ3) is 4.68. The topological polar surface area (TPSA) is 145 Å². The summed E-state index contributed by atoms with van der Waals surface area (Å²) in [5, 5.41) is 4.44. The summed E-state index contributed by atoms with van der Waals surface area (Å²) in [6, 6.07) is 5.61. The Bertz CT molecular complexity index is 1300. The first-order valence-electron chi connectivity index (χ1n) is 11.4. The lowest BCUT2D eigenvalue weighted by Crippen LogP contribution is -2.21. The second-order valence-electron chi connectivity index (χ2n) is 8.22. The molecule has 2 aliphatic rings. The summed E-state index contributed by atoms with van der Waals surface area (Å²) < 4.78 is 10.3. The predicted octanol–water partition coefficient (Wildman–Crippen LogP) is 2.31. The van der Waals surface area contributed by atoms with E-state index in [1.54, 1.807) is 0 Å². The maximum Gasteiger partial charge on any atom is 0.338 e. The predicted molar refractivity (Wildman–Crippen MR) is 129 cm³/mol. The van der Waals surface area contributed by atoms with Crippen LogP contribution in [-0.4, -0.2) is 48.8 Å². The Hall–Kier alpha value is -4.86. The number of ether oxygens (including phenoxy) is 2. The number of esters is 2. The molecule has 0 saturated carbocycles. The summed E-state index contributed by atoms with van der Waals surface area (Å²) in [5.41, 5.74) is 1.27. The van der Waals surface area contributed by atoms with E-state index in [1.165, 1.54) is 36.4 Å². The van der Waals surface area contributed by atoms with Gasteiger partial charge in [-0.15, -0.1) is 0 Å². The Morgan fingerprint density at radius 1 is 0.676 bits per heavy atom. The number of fused-ring (bicyclic) bond motifs is 2. The van der Waals surface area contributed by atoms with Crippen molar-refractivity contribution >= 4 is 35.6 Å². The third-order valence-corrected chi connectivity index (χ3v) is 5.98. The van der Waals surface area contributed by atoms with Crippen molar-refractivity contribution in [3.8, 4) is 0 Å². The van der Waals surface area contributed by atoms with Crippen molar-refractivity contribution < 1.29 is 38.2 Å². The molecular weight excluding hydrogens is 480 g/mol. The maximum absolute atomic E-state index is 12.7. The quantitative estimate of drug-likeness (QED) is 0.286. The van der Waals surface area contributed by atoms with Gasteiger partial charge in [-0.05, 0) is 54.7 Å². The van der Waals surface area contributed by atoms with E-state index in [2.05, 4.69) is 23.8 Å². The Balaban J connectivity index is 1.70. The molecule has 2 aliphatic heterocycles. The lowest BCUT2D eigenvalue weighted by atomic mass is 9.89. The zero-order valence-corrected chi connectivity index (χ0v) is 19.7. The number of hydrogen-bond acceptors (Lipinski definition) is 8. The summed E-state index contributed by atoms with van der Waals surface area (Å²) in [6.45, 7) is 6.92. The van der Waals surface area contributed by atoms with Gasteiger partial charge in [-0.25, -0.2) is 9.59 Å². The van der Waals surface area contributed by atoms with Crippen molar-refractivity contribution in [2.24, 2.45) is 0 Å². The van der Waals surface area contributed by atoms with Gasteiger partial charge < -0.3 is 9.47 Å². The zero-order valence-electron chi connectivity index (χ0n) is 19.7. The van der Waals surface area contributed by atoms with Gasteiger partial charge in [0, 0.05) is 0 Å². The molecule has 2 aromatic rings. The lowest BCUT2D eigenvalue weighted by Gasteiger charge is -2.15. The van der Waals surface area contributed by atoms with E-state index >= 15 is 0 Å². The van der Waals surface area contributed by atoms with Crippen LogP contribution in [0.15, 0.2) is 49.6 Å². The molecule has 0 spiro atoms. The molecule has 4 amide bonds. The molecule has 4 rings (SSSR count). The number of benzene rings is 2. The fourth-order valence-corrected chi connectivity index (χ4v) is 4.43. The first-order chi connectivity index (χ1) is 17.8. The molecule has 0 fully saturated rings. The second kappa shape index (κ2) is 10.4. The normalized spacial score (nSPS) is 13.4. The molecule has 0 radical (unpaired) electrons. The highest BCUT2D eigenvalue weighted by molar-refractivity contribution is 6.23. The first-order valence-corrected chi connectivity index (χ1v) is 11.4. The Morgan fingerprint density at radius 2 is 1.08 bits per heavy atom. The third-order valence-electron chi connectivity index (χ3n) is 5.98. The van der Waals surface area contributed by atoms with Crippen LogP contribution >= 0.6 is 0 Å². The van der Waals surface area contributed by atoms with Crippen LogP contribution in [0.4, 0.5) is 0 Å². The number of carbonyl (C=O) groups is 6. The van der Waals surface area contributed by atoms with Crippen LogP contribution in [-0.2, 0) is 22.3 Å². The number of rotatable bonds is 10. The molecule has 37 heavy (non-hydrogen) atoms. The average molecular weight is 502 g/mol. The largest absolute Gasteiger partial charge is 0.458 e. The van der Waals surface area contributed by atoms with Crippen LogP contribution in [0.5, 0.6) is 0 Å².